The first kappa shape index (κ1) is 13.8. The smallest absolute Gasteiger partial charge is 0.124 e. The molecule has 0 unspecified atom stereocenters. The summed E-state index contributed by atoms with van der Waals surface area (Å²) in [6, 6.07) is 6.08. The number of hydrogen-bond donors (Lipinski definition) is 1. The summed E-state index contributed by atoms with van der Waals surface area (Å²) in [6.45, 7) is 4.29. The van der Waals surface area contributed by atoms with Gasteiger partial charge in [-0.3, -0.25) is 0 Å². The van der Waals surface area contributed by atoms with Gasteiger partial charge in [0, 0.05) is 29.3 Å². The standard InChI is InChI=1S/C14H20BrNO2/c1-2-18-13-4-3-11(15)9-12(13)14(16)10-5-7-17-8-6-10/h3-4,9-10,14H,2,5-8,16H2,1H3/t14-/m1/s1. The van der Waals surface area contributed by atoms with Crippen LogP contribution in [0.25, 0.3) is 0 Å². The molecule has 1 aliphatic heterocycles. The molecular weight excluding hydrogens is 294 g/mol. The van der Waals surface area contributed by atoms with Gasteiger partial charge in [-0.2, -0.15) is 0 Å². The number of halogens is 1. The molecule has 0 aliphatic carbocycles. The SMILES string of the molecule is CCOc1ccc(Br)cc1[C@H](N)C1CCOCC1. The molecule has 1 fully saturated rings. The highest BCUT2D eigenvalue weighted by Gasteiger charge is 2.24. The van der Waals surface area contributed by atoms with E-state index in [0.29, 0.717) is 12.5 Å². The third-order valence-corrected chi connectivity index (χ3v) is 3.90. The fourth-order valence-electron chi connectivity index (χ4n) is 2.40. The quantitative estimate of drug-likeness (QED) is 0.927. The summed E-state index contributed by atoms with van der Waals surface area (Å²) in [5, 5.41) is 0. The zero-order valence-electron chi connectivity index (χ0n) is 10.7. The van der Waals surface area contributed by atoms with Crippen LogP contribution in [0.15, 0.2) is 22.7 Å². The van der Waals surface area contributed by atoms with Crippen molar-refractivity contribution in [3.05, 3.63) is 28.2 Å². The Morgan fingerprint density at radius 2 is 2.17 bits per heavy atom. The van der Waals surface area contributed by atoms with Crippen molar-refractivity contribution in [3.8, 4) is 5.75 Å². The molecule has 100 valence electrons. The van der Waals surface area contributed by atoms with Gasteiger partial charge in [0.2, 0.25) is 0 Å². The number of benzene rings is 1. The van der Waals surface area contributed by atoms with Crippen LogP contribution in [-0.4, -0.2) is 19.8 Å². The van der Waals surface area contributed by atoms with Gasteiger partial charge in [-0.15, -0.1) is 0 Å². The maximum Gasteiger partial charge on any atom is 0.124 e. The molecule has 1 saturated heterocycles. The van der Waals surface area contributed by atoms with Crippen molar-refractivity contribution in [1.29, 1.82) is 0 Å². The van der Waals surface area contributed by atoms with Crippen molar-refractivity contribution in [2.45, 2.75) is 25.8 Å². The third-order valence-electron chi connectivity index (χ3n) is 3.40. The van der Waals surface area contributed by atoms with E-state index in [1.807, 2.05) is 19.1 Å². The fourth-order valence-corrected chi connectivity index (χ4v) is 2.77. The predicted molar refractivity (Wildman–Crippen MR) is 75.8 cm³/mol. The highest BCUT2D eigenvalue weighted by molar-refractivity contribution is 9.10. The Morgan fingerprint density at radius 1 is 1.44 bits per heavy atom. The van der Waals surface area contributed by atoms with E-state index in [1.165, 1.54) is 0 Å². The third kappa shape index (κ3) is 3.25. The van der Waals surface area contributed by atoms with Crippen LogP contribution >= 0.6 is 15.9 Å². The van der Waals surface area contributed by atoms with E-state index in [4.69, 9.17) is 15.2 Å². The second-order valence-corrected chi connectivity index (χ2v) is 5.51. The Bertz CT molecular complexity index is 391. The largest absolute Gasteiger partial charge is 0.494 e. The Morgan fingerprint density at radius 3 is 2.83 bits per heavy atom. The lowest BCUT2D eigenvalue weighted by Crippen LogP contribution is -2.27. The molecule has 0 amide bonds. The lowest BCUT2D eigenvalue weighted by Gasteiger charge is -2.29. The molecule has 1 heterocycles. The summed E-state index contributed by atoms with van der Waals surface area (Å²) < 4.78 is 12.1. The van der Waals surface area contributed by atoms with E-state index in [0.717, 1.165) is 41.8 Å². The number of ether oxygens (including phenoxy) is 2. The number of rotatable bonds is 4. The first-order chi connectivity index (χ1) is 8.72. The minimum absolute atomic E-state index is 0.0212. The molecule has 1 atom stereocenters. The summed E-state index contributed by atoms with van der Waals surface area (Å²) in [7, 11) is 0. The van der Waals surface area contributed by atoms with E-state index in [-0.39, 0.29) is 6.04 Å². The van der Waals surface area contributed by atoms with E-state index >= 15 is 0 Å². The molecule has 3 nitrogen and oxygen atoms in total. The zero-order chi connectivity index (χ0) is 13.0. The van der Waals surface area contributed by atoms with Gasteiger partial charge < -0.3 is 15.2 Å². The second-order valence-electron chi connectivity index (χ2n) is 4.59. The van der Waals surface area contributed by atoms with Crippen molar-refractivity contribution >= 4 is 15.9 Å². The molecule has 1 aromatic carbocycles. The Labute approximate surface area is 117 Å². The van der Waals surface area contributed by atoms with Crippen LogP contribution in [0.5, 0.6) is 5.75 Å². The molecule has 1 aromatic rings. The minimum atomic E-state index is 0.0212. The van der Waals surface area contributed by atoms with Crippen LogP contribution in [-0.2, 0) is 4.74 Å². The van der Waals surface area contributed by atoms with Gasteiger partial charge in [0.25, 0.3) is 0 Å². The predicted octanol–water partition coefficient (Wildman–Crippen LogP) is 3.27. The number of nitrogens with two attached hydrogens (primary N) is 1. The first-order valence-electron chi connectivity index (χ1n) is 6.48. The highest BCUT2D eigenvalue weighted by atomic mass is 79.9. The Balaban J connectivity index is 2.21. The molecule has 0 aromatic heterocycles. The maximum absolute atomic E-state index is 6.41. The summed E-state index contributed by atoms with van der Waals surface area (Å²) in [5.41, 5.74) is 7.51. The van der Waals surface area contributed by atoms with Crippen LogP contribution in [0.2, 0.25) is 0 Å². The molecule has 4 heteroatoms. The van der Waals surface area contributed by atoms with E-state index in [1.54, 1.807) is 0 Å². The topological polar surface area (TPSA) is 44.5 Å². The Hall–Kier alpha value is -0.580. The summed E-state index contributed by atoms with van der Waals surface area (Å²) in [6.07, 6.45) is 2.05. The van der Waals surface area contributed by atoms with Crippen LogP contribution in [0.3, 0.4) is 0 Å². The summed E-state index contributed by atoms with van der Waals surface area (Å²) >= 11 is 3.50. The van der Waals surface area contributed by atoms with Gasteiger partial charge in [-0.05, 0) is 43.9 Å². The van der Waals surface area contributed by atoms with Crippen molar-refractivity contribution in [3.63, 3.8) is 0 Å². The molecular formula is C14H20BrNO2. The van der Waals surface area contributed by atoms with Crippen LogP contribution in [0.4, 0.5) is 0 Å². The first-order valence-corrected chi connectivity index (χ1v) is 7.27. The van der Waals surface area contributed by atoms with Gasteiger partial charge in [0.15, 0.2) is 0 Å². The molecule has 0 radical (unpaired) electrons. The molecule has 18 heavy (non-hydrogen) atoms. The molecule has 2 N–H and O–H groups in total. The van der Waals surface area contributed by atoms with E-state index < -0.39 is 0 Å². The van der Waals surface area contributed by atoms with Gasteiger partial charge in [0.1, 0.15) is 5.75 Å². The fraction of sp³-hybridized carbons (Fsp3) is 0.571. The van der Waals surface area contributed by atoms with Crippen molar-refractivity contribution in [2.75, 3.05) is 19.8 Å². The summed E-state index contributed by atoms with van der Waals surface area (Å²) in [5.74, 6) is 1.38. The van der Waals surface area contributed by atoms with Gasteiger partial charge in [-0.25, -0.2) is 0 Å². The van der Waals surface area contributed by atoms with Crippen molar-refractivity contribution in [2.24, 2.45) is 11.7 Å². The van der Waals surface area contributed by atoms with Gasteiger partial charge >= 0.3 is 0 Å². The average Bonchev–Trinajstić information content (AvgIpc) is 2.41. The van der Waals surface area contributed by atoms with E-state index in [9.17, 15) is 0 Å². The lowest BCUT2D eigenvalue weighted by atomic mass is 9.87. The van der Waals surface area contributed by atoms with Crippen LogP contribution < -0.4 is 10.5 Å². The van der Waals surface area contributed by atoms with Crippen molar-refractivity contribution in [1.82, 2.24) is 0 Å². The molecule has 0 bridgehead atoms. The zero-order valence-corrected chi connectivity index (χ0v) is 12.3. The van der Waals surface area contributed by atoms with Crippen molar-refractivity contribution < 1.29 is 9.47 Å². The van der Waals surface area contributed by atoms with Crippen LogP contribution in [0.1, 0.15) is 31.4 Å². The lowest BCUT2D eigenvalue weighted by molar-refractivity contribution is 0.0580. The summed E-state index contributed by atoms with van der Waals surface area (Å²) in [4.78, 5) is 0. The molecule has 0 saturated carbocycles. The van der Waals surface area contributed by atoms with E-state index in [2.05, 4.69) is 22.0 Å². The molecule has 0 spiro atoms. The molecule has 1 aliphatic rings. The second kappa shape index (κ2) is 6.55. The number of hydrogen-bond acceptors (Lipinski definition) is 3. The molecule has 2 rings (SSSR count). The van der Waals surface area contributed by atoms with Gasteiger partial charge in [-0.1, -0.05) is 15.9 Å². The average molecular weight is 314 g/mol. The Kier molecular flexibility index (Phi) is 5.03. The normalized spacial score (nSPS) is 18.6. The minimum Gasteiger partial charge on any atom is -0.494 e. The highest BCUT2D eigenvalue weighted by Crippen LogP contribution is 2.35. The van der Waals surface area contributed by atoms with Gasteiger partial charge in [0.05, 0.1) is 6.61 Å². The van der Waals surface area contributed by atoms with Crippen LogP contribution in [0, 0.1) is 5.92 Å². The monoisotopic (exact) mass is 313 g/mol. The maximum atomic E-state index is 6.41.